The van der Waals surface area contributed by atoms with Gasteiger partial charge >= 0.3 is 0 Å². The second kappa shape index (κ2) is 7.74. The molecule has 2 aliphatic rings. The Bertz CT molecular complexity index is 851. The van der Waals surface area contributed by atoms with Gasteiger partial charge in [0.25, 0.3) is 0 Å². The Morgan fingerprint density at radius 3 is 2.75 bits per heavy atom. The molecule has 28 heavy (non-hydrogen) atoms. The van der Waals surface area contributed by atoms with Gasteiger partial charge in [0.05, 0.1) is 19.1 Å². The van der Waals surface area contributed by atoms with Crippen LogP contribution in [0.5, 0.6) is 5.75 Å². The molecule has 0 bridgehead atoms. The highest BCUT2D eigenvalue weighted by atomic mass is 16.5. The van der Waals surface area contributed by atoms with Gasteiger partial charge in [0.2, 0.25) is 5.91 Å². The van der Waals surface area contributed by atoms with E-state index < -0.39 is 0 Å². The lowest BCUT2D eigenvalue weighted by Gasteiger charge is -2.49. The summed E-state index contributed by atoms with van der Waals surface area (Å²) in [6.45, 7) is 6.71. The first-order valence-electron chi connectivity index (χ1n) is 10.1. The van der Waals surface area contributed by atoms with Crippen LogP contribution in [0.2, 0.25) is 0 Å². The van der Waals surface area contributed by atoms with Gasteiger partial charge in [-0.15, -0.1) is 0 Å². The first kappa shape index (κ1) is 18.7. The molecule has 0 aliphatic carbocycles. The van der Waals surface area contributed by atoms with Gasteiger partial charge in [0.1, 0.15) is 5.75 Å². The number of nitrogens with one attached hydrogen (secondary N) is 1. The second-order valence-electron chi connectivity index (χ2n) is 8.01. The number of para-hydroxylation sites is 1. The summed E-state index contributed by atoms with van der Waals surface area (Å²) in [5, 5.41) is 3.15. The van der Waals surface area contributed by atoms with Crippen LogP contribution in [0.3, 0.4) is 0 Å². The van der Waals surface area contributed by atoms with E-state index in [1.165, 1.54) is 11.3 Å². The van der Waals surface area contributed by atoms with E-state index in [-0.39, 0.29) is 23.9 Å². The van der Waals surface area contributed by atoms with Gasteiger partial charge < -0.3 is 19.9 Å². The number of piperazine rings is 1. The first-order chi connectivity index (χ1) is 13.6. The number of rotatable bonds is 4. The zero-order chi connectivity index (χ0) is 19.7. The summed E-state index contributed by atoms with van der Waals surface area (Å²) in [4.78, 5) is 17.9. The SMILES string of the molecule is COc1cccc(N2CCN3c4ccccc4C[C@H](C(=O)NC(C)C)[C@@H]3C2)c1. The van der Waals surface area contributed by atoms with Crippen molar-refractivity contribution in [3.05, 3.63) is 54.1 Å². The number of anilines is 2. The van der Waals surface area contributed by atoms with Crippen molar-refractivity contribution in [3.8, 4) is 5.75 Å². The van der Waals surface area contributed by atoms with Crippen LogP contribution in [-0.2, 0) is 11.2 Å². The molecule has 2 atom stereocenters. The topological polar surface area (TPSA) is 44.8 Å². The third kappa shape index (κ3) is 3.53. The number of carbonyl (C=O) groups excluding carboxylic acids is 1. The van der Waals surface area contributed by atoms with E-state index in [2.05, 4.69) is 51.5 Å². The Morgan fingerprint density at radius 1 is 1.14 bits per heavy atom. The molecule has 1 N–H and O–H groups in total. The van der Waals surface area contributed by atoms with E-state index in [1.807, 2.05) is 26.0 Å². The van der Waals surface area contributed by atoms with Crippen LogP contribution in [0, 0.1) is 5.92 Å². The van der Waals surface area contributed by atoms with Crippen molar-refractivity contribution in [2.45, 2.75) is 32.4 Å². The first-order valence-corrected chi connectivity index (χ1v) is 10.1. The van der Waals surface area contributed by atoms with Crippen LogP contribution in [0.15, 0.2) is 48.5 Å². The largest absolute Gasteiger partial charge is 0.497 e. The van der Waals surface area contributed by atoms with Gasteiger partial charge in [-0.3, -0.25) is 4.79 Å². The number of hydrogen-bond acceptors (Lipinski definition) is 4. The highest BCUT2D eigenvalue weighted by Gasteiger charge is 2.41. The molecule has 148 valence electrons. The fourth-order valence-corrected chi connectivity index (χ4v) is 4.49. The maximum Gasteiger partial charge on any atom is 0.225 e. The summed E-state index contributed by atoms with van der Waals surface area (Å²) < 4.78 is 5.40. The molecule has 5 nitrogen and oxygen atoms in total. The fraction of sp³-hybridized carbons (Fsp3) is 0.435. The van der Waals surface area contributed by atoms with Gasteiger partial charge in [-0.1, -0.05) is 24.3 Å². The summed E-state index contributed by atoms with van der Waals surface area (Å²) in [6, 6.07) is 17.0. The minimum absolute atomic E-state index is 0.0503. The Labute approximate surface area is 167 Å². The van der Waals surface area contributed by atoms with Crippen molar-refractivity contribution in [2.24, 2.45) is 5.92 Å². The number of ether oxygens (including phenoxy) is 1. The van der Waals surface area contributed by atoms with Gasteiger partial charge in [-0.05, 0) is 44.0 Å². The number of methoxy groups -OCH3 is 1. The monoisotopic (exact) mass is 379 g/mol. The summed E-state index contributed by atoms with van der Waals surface area (Å²) >= 11 is 0. The maximum atomic E-state index is 13.0. The quantitative estimate of drug-likeness (QED) is 0.887. The molecule has 2 heterocycles. The average molecular weight is 380 g/mol. The van der Waals surface area contributed by atoms with Gasteiger partial charge in [0.15, 0.2) is 0 Å². The number of nitrogens with zero attached hydrogens (tertiary/aromatic N) is 2. The van der Waals surface area contributed by atoms with Crippen molar-refractivity contribution < 1.29 is 9.53 Å². The zero-order valence-electron chi connectivity index (χ0n) is 16.9. The normalized spacial score (nSPS) is 21.1. The lowest BCUT2D eigenvalue weighted by atomic mass is 9.83. The van der Waals surface area contributed by atoms with E-state index in [9.17, 15) is 4.79 Å². The van der Waals surface area contributed by atoms with Gasteiger partial charge in [-0.2, -0.15) is 0 Å². The minimum atomic E-state index is -0.0503. The molecule has 2 aromatic carbocycles. The lowest BCUT2D eigenvalue weighted by molar-refractivity contribution is -0.126. The Balaban J connectivity index is 1.64. The summed E-state index contributed by atoms with van der Waals surface area (Å²) in [5.41, 5.74) is 3.71. The minimum Gasteiger partial charge on any atom is -0.497 e. The number of fused-ring (bicyclic) bond motifs is 3. The van der Waals surface area contributed by atoms with Crippen LogP contribution in [0.4, 0.5) is 11.4 Å². The molecular formula is C23H29N3O2. The van der Waals surface area contributed by atoms with E-state index in [0.29, 0.717) is 0 Å². The van der Waals surface area contributed by atoms with E-state index >= 15 is 0 Å². The molecule has 0 radical (unpaired) electrons. The highest BCUT2D eigenvalue weighted by molar-refractivity contribution is 5.82. The molecule has 0 saturated carbocycles. The summed E-state index contributed by atoms with van der Waals surface area (Å²) in [6.07, 6.45) is 0.793. The molecule has 4 rings (SSSR count). The molecular weight excluding hydrogens is 350 g/mol. The molecule has 2 aromatic rings. The van der Waals surface area contributed by atoms with Crippen molar-refractivity contribution >= 4 is 17.3 Å². The summed E-state index contributed by atoms with van der Waals surface area (Å²) in [5.74, 6) is 0.973. The zero-order valence-corrected chi connectivity index (χ0v) is 16.9. The maximum absolute atomic E-state index is 13.0. The van der Waals surface area contributed by atoms with Crippen molar-refractivity contribution in [3.63, 3.8) is 0 Å². The molecule has 2 aliphatic heterocycles. The average Bonchev–Trinajstić information content (AvgIpc) is 2.72. The lowest BCUT2D eigenvalue weighted by Crippen LogP contribution is -2.61. The molecule has 1 fully saturated rings. The van der Waals surface area contributed by atoms with Crippen molar-refractivity contribution in [2.75, 3.05) is 36.5 Å². The predicted molar refractivity (Wildman–Crippen MR) is 113 cm³/mol. The van der Waals surface area contributed by atoms with E-state index in [1.54, 1.807) is 7.11 Å². The number of hydrogen-bond donors (Lipinski definition) is 1. The highest BCUT2D eigenvalue weighted by Crippen LogP contribution is 2.37. The second-order valence-corrected chi connectivity index (χ2v) is 8.01. The third-order valence-corrected chi connectivity index (χ3v) is 5.81. The smallest absolute Gasteiger partial charge is 0.225 e. The molecule has 5 heteroatoms. The van der Waals surface area contributed by atoms with Crippen molar-refractivity contribution in [1.29, 1.82) is 0 Å². The molecule has 0 aromatic heterocycles. The molecule has 1 amide bonds. The molecule has 0 unspecified atom stereocenters. The molecule has 0 spiro atoms. The van der Waals surface area contributed by atoms with Crippen molar-refractivity contribution in [1.82, 2.24) is 5.32 Å². The Morgan fingerprint density at radius 2 is 1.96 bits per heavy atom. The van der Waals surface area contributed by atoms with E-state index in [4.69, 9.17) is 4.74 Å². The summed E-state index contributed by atoms with van der Waals surface area (Å²) in [7, 11) is 1.70. The van der Waals surface area contributed by atoms with Crippen LogP contribution in [-0.4, -0.2) is 44.7 Å². The van der Waals surface area contributed by atoms with Gasteiger partial charge in [0, 0.05) is 43.1 Å². The third-order valence-electron chi connectivity index (χ3n) is 5.81. The van der Waals surface area contributed by atoms with E-state index in [0.717, 1.165) is 37.5 Å². The van der Waals surface area contributed by atoms with Crippen LogP contribution in [0.1, 0.15) is 19.4 Å². The van der Waals surface area contributed by atoms with Crippen LogP contribution < -0.4 is 19.9 Å². The molecule has 1 saturated heterocycles. The predicted octanol–water partition coefficient (Wildman–Crippen LogP) is 3.09. The van der Waals surface area contributed by atoms with Gasteiger partial charge in [-0.25, -0.2) is 0 Å². The Kier molecular flexibility index (Phi) is 5.16. The van der Waals surface area contributed by atoms with Crippen LogP contribution >= 0.6 is 0 Å². The number of carbonyl (C=O) groups is 1. The fourth-order valence-electron chi connectivity index (χ4n) is 4.49. The standard InChI is InChI=1S/C23H29N3O2/c1-16(2)24-23(27)20-13-17-7-4-5-10-21(17)26-12-11-25(15-22(20)26)18-8-6-9-19(14-18)28-3/h4-10,14,16,20,22H,11-13,15H2,1-3H3,(H,24,27)/t20-,22-/m0/s1. The number of benzene rings is 2. The Hall–Kier alpha value is -2.69. The number of amides is 1. The van der Waals surface area contributed by atoms with Crippen LogP contribution in [0.25, 0.3) is 0 Å².